The molecule has 0 saturated carbocycles. The van der Waals surface area contributed by atoms with E-state index in [0.717, 1.165) is 43.4 Å². The lowest BCUT2D eigenvalue weighted by Crippen LogP contribution is -2.21. The van der Waals surface area contributed by atoms with Crippen LogP contribution < -0.4 is 31.6 Å². The lowest BCUT2D eigenvalue weighted by atomic mass is 10.1. The van der Waals surface area contributed by atoms with Crippen molar-refractivity contribution < 1.29 is 87.9 Å². The highest BCUT2D eigenvalue weighted by atomic mass is 35.5. The molecule has 2 heterocycles. The maximum Gasteiger partial charge on any atom is 0.490 e. The minimum absolute atomic E-state index is 0.00377. The van der Waals surface area contributed by atoms with Crippen LogP contribution >= 0.6 is 45.9 Å². The number of nitrogen functional groups attached to an aromatic ring is 2. The van der Waals surface area contributed by atoms with Crippen LogP contribution in [-0.2, 0) is 25.2 Å². The average molecular weight is 1230 g/mol. The number of amides is 2. The van der Waals surface area contributed by atoms with Crippen LogP contribution in [0.25, 0.3) is 20.2 Å². The van der Waals surface area contributed by atoms with Gasteiger partial charge in [-0.2, -0.15) is 39.5 Å². The number of benzene rings is 6. The molecule has 82 heavy (non-hydrogen) atoms. The van der Waals surface area contributed by atoms with Gasteiger partial charge < -0.3 is 40.6 Å². The normalized spacial score (nSPS) is 11.8. The van der Waals surface area contributed by atoms with Crippen molar-refractivity contribution in [3.8, 4) is 11.5 Å². The zero-order valence-corrected chi connectivity index (χ0v) is 44.4. The minimum atomic E-state index is -5.08. The monoisotopic (exact) mass is 1230 g/mol. The Morgan fingerprint density at radius 2 is 0.915 bits per heavy atom. The van der Waals surface area contributed by atoms with Crippen molar-refractivity contribution in [3.63, 3.8) is 0 Å². The number of nitrogens with one attached hydrogen (secondary N) is 4. The van der Waals surface area contributed by atoms with E-state index in [0.29, 0.717) is 37.0 Å². The highest BCUT2D eigenvalue weighted by Gasteiger charge is 2.39. The number of amidine groups is 2. The Balaban J connectivity index is 0.000000244. The summed E-state index contributed by atoms with van der Waals surface area (Å²) in [6.07, 6.45) is -17.5. The number of carboxylic acids is 2. The standard InChI is InChI=1S/C25H20F3N3O3S.C24H19Cl2N3O3S.2C2HF3O2/c26-25(27,28)16-8-4-9-17(12-16)31-24(32)33-14-20(15-6-2-1-3-7-15)34-19-10-5-11-21-18(19)13-22(35-21)23(29)30;25-17-10-9-15(11-18(17)26)29-24(30)31-13-20(14-5-2-1-3-6-14)32-19-7-4-8-21-16(19)12-22(33-21)23(27)28;2*3-2(4,5)1(6)7/h1-13,20H,14H2,(H3,29,30)(H,31,32);1-12,20H,13H2,(H3,27,28)(H,29,30);2*(H,6,7). The van der Waals surface area contributed by atoms with Crippen LogP contribution in [0.3, 0.4) is 0 Å². The third-order valence-corrected chi connectivity index (χ3v) is 13.3. The largest absolute Gasteiger partial charge is 0.490 e. The molecule has 10 N–H and O–H groups in total. The smallest absolute Gasteiger partial charge is 0.481 e. The number of hydrogen-bond donors (Lipinski definition) is 8. The summed E-state index contributed by atoms with van der Waals surface area (Å²) in [4.78, 5) is 43.8. The number of carboxylic acid groups (broad SMARTS) is 2. The van der Waals surface area contributed by atoms with Crippen molar-refractivity contribution in [2.75, 3.05) is 23.8 Å². The predicted octanol–water partition coefficient (Wildman–Crippen LogP) is 14.7. The van der Waals surface area contributed by atoms with E-state index in [1.165, 1.54) is 34.8 Å². The molecule has 0 aliphatic heterocycles. The van der Waals surface area contributed by atoms with E-state index < -0.39 is 60.4 Å². The van der Waals surface area contributed by atoms with E-state index in [9.17, 15) is 49.1 Å². The van der Waals surface area contributed by atoms with Crippen molar-refractivity contribution in [1.82, 2.24) is 0 Å². The van der Waals surface area contributed by atoms with Crippen molar-refractivity contribution in [3.05, 3.63) is 188 Å². The second kappa shape index (κ2) is 28.6. The Hall–Kier alpha value is -8.79. The maximum absolute atomic E-state index is 12.9. The zero-order chi connectivity index (χ0) is 60.5. The molecule has 0 aliphatic carbocycles. The van der Waals surface area contributed by atoms with Gasteiger partial charge in [-0.05, 0) is 83.9 Å². The number of halogens is 11. The van der Waals surface area contributed by atoms with E-state index >= 15 is 0 Å². The summed E-state index contributed by atoms with van der Waals surface area (Å²) in [7, 11) is 0. The van der Waals surface area contributed by atoms with Crippen LogP contribution in [0.5, 0.6) is 11.5 Å². The number of hydrogen-bond acceptors (Lipinski definition) is 12. The van der Waals surface area contributed by atoms with E-state index in [1.807, 2.05) is 91.0 Å². The molecule has 29 heteroatoms. The van der Waals surface area contributed by atoms with Gasteiger partial charge in [-0.25, -0.2) is 19.2 Å². The Morgan fingerprint density at radius 3 is 1.28 bits per heavy atom. The zero-order valence-electron chi connectivity index (χ0n) is 41.3. The third-order valence-electron chi connectivity index (χ3n) is 10.3. The Bertz CT molecular complexity index is 3510. The molecule has 2 unspecified atom stereocenters. The molecule has 2 amide bonds. The third kappa shape index (κ3) is 19.5. The first-order valence-corrected chi connectivity index (χ1v) is 25.2. The van der Waals surface area contributed by atoms with Crippen LogP contribution in [0.4, 0.5) is 60.5 Å². The number of carbonyl (C=O) groups excluding carboxylic acids is 2. The summed E-state index contributed by atoms with van der Waals surface area (Å²) in [5.41, 5.74) is 12.4. The number of carbonyl (C=O) groups is 4. The summed E-state index contributed by atoms with van der Waals surface area (Å²) in [6.45, 7) is -0.230. The van der Waals surface area contributed by atoms with Gasteiger partial charge in [0.05, 0.1) is 25.4 Å². The van der Waals surface area contributed by atoms with E-state index in [-0.39, 0.29) is 30.6 Å². The molecule has 6 aromatic carbocycles. The van der Waals surface area contributed by atoms with Crippen molar-refractivity contribution >= 4 is 113 Å². The lowest BCUT2D eigenvalue weighted by Gasteiger charge is -2.20. The fourth-order valence-corrected chi connectivity index (χ4v) is 8.71. The molecule has 0 spiro atoms. The van der Waals surface area contributed by atoms with Crippen LogP contribution in [0, 0.1) is 10.8 Å². The van der Waals surface area contributed by atoms with Gasteiger partial charge in [-0.15, -0.1) is 22.7 Å². The fraction of sp³-hybridized carbons (Fsp3) is 0.132. The van der Waals surface area contributed by atoms with E-state index in [4.69, 9.17) is 84.2 Å². The molecule has 16 nitrogen and oxygen atoms in total. The van der Waals surface area contributed by atoms with Crippen LogP contribution in [0.15, 0.2) is 152 Å². The van der Waals surface area contributed by atoms with Gasteiger partial charge in [0.25, 0.3) is 0 Å². The van der Waals surface area contributed by atoms with Gasteiger partial charge in [0.2, 0.25) is 0 Å². The number of alkyl halides is 9. The molecule has 432 valence electrons. The molecular formula is C53H41Cl2F9N6O10S2. The summed E-state index contributed by atoms with van der Waals surface area (Å²) in [5, 5.41) is 36.9. The van der Waals surface area contributed by atoms with E-state index in [1.54, 1.807) is 36.4 Å². The van der Waals surface area contributed by atoms with Crippen LogP contribution in [0.1, 0.15) is 38.7 Å². The predicted molar refractivity (Wildman–Crippen MR) is 291 cm³/mol. The fourth-order valence-electron chi connectivity index (χ4n) is 6.54. The average Bonchev–Trinajstić information content (AvgIpc) is 4.28. The molecule has 0 aliphatic rings. The molecule has 0 bridgehead atoms. The first-order valence-electron chi connectivity index (χ1n) is 22.8. The van der Waals surface area contributed by atoms with Gasteiger partial charge in [-0.3, -0.25) is 21.5 Å². The maximum atomic E-state index is 12.9. The number of aliphatic carboxylic acids is 2. The SMILES string of the molecule is N=C(N)c1cc2c(OC(COC(=O)Nc3ccc(Cl)c(Cl)c3)c3ccccc3)cccc2s1.N=C(N)c1cc2c(OC(COC(=O)Nc3cccc(C(F)(F)F)c3)c3ccccc3)cccc2s1.O=C(O)C(F)(F)F.O=C(O)C(F)(F)F. The number of thiophene rings is 2. The Morgan fingerprint density at radius 1 is 0.524 bits per heavy atom. The van der Waals surface area contributed by atoms with Crippen molar-refractivity contribution in [1.29, 1.82) is 10.8 Å². The summed E-state index contributed by atoms with van der Waals surface area (Å²) in [5.74, 6) is -4.43. The number of nitrogens with two attached hydrogens (primary N) is 2. The number of ether oxygens (including phenoxy) is 4. The first kappa shape index (κ1) is 64.0. The van der Waals surface area contributed by atoms with Crippen LogP contribution in [-0.4, -0.2) is 71.6 Å². The lowest BCUT2D eigenvalue weighted by molar-refractivity contribution is -0.193. The Labute approximate surface area is 475 Å². The molecule has 2 atom stereocenters. The summed E-state index contributed by atoms with van der Waals surface area (Å²) < 4.78 is 127. The molecule has 8 aromatic rings. The van der Waals surface area contributed by atoms with Gasteiger partial charge in [0.1, 0.15) is 36.4 Å². The Kier molecular flexibility index (Phi) is 22.3. The summed E-state index contributed by atoms with van der Waals surface area (Å²) in [6, 6.07) is 42.3. The first-order chi connectivity index (χ1) is 38.5. The number of rotatable bonds is 14. The molecule has 0 radical (unpaired) electrons. The van der Waals surface area contributed by atoms with Crippen LogP contribution in [0.2, 0.25) is 10.0 Å². The molecule has 0 fully saturated rings. The van der Waals surface area contributed by atoms with Gasteiger partial charge in [0.15, 0.2) is 12.2 Å². The quantitative estimate of drug-likeness (QED) is 0.0287. The number of anilines is 2. The molecule has 8 rings (SSSR count). The second-order valence-corrected chi connectivity index (χ2v) is 19.2. The molecule has 0 saturated heterocycles. The van der Waals surface area contributed by atoms with Gasteiger partial charge in [0, 0.05) is 31.5 Å². The number of fused-ring (bicyclic) bond motifs is 2. The highest BCUT2D eigenvalue weighted by molar-refractivity contribution is 7.21. The van der Waals surface area contributed by atoms with Crippen molar-refractivity contribution in [2.45, 2.75) is 30.7 Å². The second-order valence-electron chi connectivity index (χ2n) is 16.2. The highest BCUT2D eigenvalue weighted by Crippen LogP contribution is 2.37. The molecular weight excluding hydrogens is 1190 g/mol. The van der Waals surface area contributed by atoms with Gasteiger partial charge in [-0.1, -0.05) is 102 Å². The molecule has 2 aromatic heterocycles. The van der Waals surface area contributed by atoms with Gasteiger partial charge >= 0.3 is 42.7 Å². The van der Waals surface area contributed by atoms with E-state index in [2.05, 4.69) is 10.6 Å². The minimum Gasteiger partial charge on any atom is -0.481 e. The topological polar surface area (TPSA) is 269 Å². The summed E-state index contributed by atoms with van der Waals surface area (Å²) >= 11 is 14.7. The van der Waals surface area contributed by atoms with Crippen molar-refractivity contribution in [2.24, 2.45) is 11.5 Å².